The van der Waals surface area contributed by atoms with E-state index in [2.05, 4.69) is 4.98 Å². The smallest absolute Gasteiger partial charge is 0.255 e. The monoisotopic (exact) mass is 218 g/mol. The third-order valence-electron chi connectivity index (χ3n) is 3.24. The van der Waals surface area contributed by atoms with Crippen molar-refractivity contribution >= 4 is 5.91 Å². The van der Waals surface area contributed by atoms with Crippen molar-refractivity contribution in [1.82, 2.24) is 9.88 Å². The van der Waals surface area contributed by atoms with Crippen molar-refractivity contribution in [1.29, 1.82) is 0 Å². The van der Waals surface area contributed by atoms with Gasteiger partial charge in [0.15, 0.2) is 0 Å². The minimum Gasteiger partial charge on any atom is -0.371 e. The summed E-state index contributed by atoms with van der Waals surface area (Å²) in [7, 11) is 0. The molecule has 2 aliphatic rings. The van der Waals surface area contributed by atoms with Crippen molar-refractivity contribution in [2.45, 2.75) is 25.0 Å². The minimum atomic E-state index is 0.0771. The zero-order chi connectivity index (χ0) is 11.0. The van der Waals surface area contributed by atoms with Crippen molar-refractivity contribution in [2.24, 2.45) is 0 Å². The number of hydrogen-bond donors (Lipinski definition) is 0. The summed E-state index contributed by atoms with van der Waals surface area (Å²) in [4.78, 5) is 18.0. The largest absolute Gasteiger partial charge is 0.371 e. The predicted octanol–water partition coefficient (Wildman–Crippen LogP) is 1.08. The van der Waals surface area contributed by atoms with Crippen LogP contribution in [0.5, 0.6) is 0 Å². The molecule has 1 amide bonds. The fourth-order valence-electron chi connectivity index (χ4n) is 2.45. The van der Waals surface area contributed by atoms with E-state index < -0.39 is 0 Å². The molecule has 1 aromatic rings. The van der Waals surface area contributed by atoms with Gasteiger partial charge in [-0.3, -0.25) is 9.78 Å². The van der Waals surface area contributed by atoms with Gasteiger partial charge in [0.2, 0.25) is 0 Å². The molecule has 16 heavy (non-hydrogen) atoms. The molecule has 2 aliphatic heterocycles. The zero-order valence-corrected chi connectivity index (χ0v) is 9.00. The predicted molar refractivity (Wildman–Crippen MR) is 58.0 cm³/mol. The first kappa shape index (κ1) is 9.78. The number of aromatic nitrogens is 1. The van der Waals surface area contributed by atoms with Crippen LogP contribution in [-0.2, 0) is 4.74 Å². The van der Waals surface area contributed by atoms with Crippen LogP contribution in [0.3, 0.4) is 0 Å². The third kappa shape index (κ3) is 1.69. The average Bonchev–Trinajstić information content (AvgIpc) is 2.68. The summed E-state index contributed by atoms with van der Waals surface area (Å²) < 4.78 is 5.70. The summed E-state index contributed by atoms with van der Waals surface area (Å²) in [6.45, 7) is 1.45. The molecule has 2 saturated heterocycles. The Bertz CT molecular complexity index is 381. The first-order valence-corrected chi connectivity index (χ1v) is 5.67. The number of likely N-dealkylation sites (tertiary alicyclic amines) is 1. The number of hydrogen-bond acceptors (Lipinski definition) is 3. The van der Waals surface area contributed by atoms with Crippen LogP contribution in [0, 0.1) is 0 Å². The Balaban J connectivity index is 1.76. The van der Waals surface area contributed by atoms with Gasteiger partial charge in [0, 0.05) is 25.5 Å². The molecule has 0 aromatic carbocycles. The maximum atomic E-state index is 12.1. The number of nitrogens with zero attached hydrogens (tertiary/aromatic N) is 2. The van der Waals surface area contributed by atoms with Crippen LogP contribution in [-0.4, -0.2) is 41.1 Å². The molecule has 0 radical (unpaired) electrons. The van der Waals surface area contributed by atoms with Crippen molar-refractivity contribution < 1.29 is 9.53 Å². The van der Waals surface area contributed by atoms with Crippen LogP contribution in [0.2, 0.25) is 0 Å². The molecule has 0 N–H and O–H groups in total. The lowest BCUT2D eigenvalue weighted by Crippen LogP contribution is -2.45. The van der Waals surface area contributed by atoms with E-state index in [9.17, 15) is 4.79 Å². The Morgan fingerprint density at radius 2 is 2.12 bits per heavy atom. The van der Waals surface area contributed by atoms with Gasteiger partial charge in [0.25, 0.3) is 5.91 Å². The number of fused-ring (bicyclic) bond motifs is 2. The number of pyridine rings is 1. The van der Waals surface area contributed by atoms with E-state index in [-0.39, 0.29) is 18.1 Å². The van der Waals surface area contributed by atoms with Crippen LogP contribution in [0.15, 0.2) is 24.5 Å². The van der Waals surface area contributed by atoms with E-state index in [1.807, 2.05) is 11.0 Å². The highest BCUT2D eigenvalue weighted by Gasteiger charge is 2.35. The van der Waals surface area contributed by atoms with Gasteiger partial charge in [-0.05, 0) is 25.0 Å². The van der Waals surface area contributed by atoms with Crippen LogP contribution >= 0.6 is 0 Å². The molecular weight excluding hydrogens is 204 g/mol. The number of rotatable bonds is 1. The molecule has 4 heteroatoms. The molecule has 1 aromatic heterocycles. The van der Waals surface area contributed by atoms with Crippen molar-refractivity contribution in [3.63, 3.8) is 0 Å². The zero-order valence-electron chi connectivity index (χ0n) is 9.00. The second-order valence-electron chi connectivity index (χ2n) is 4.41. The quantitative estimate of drug-likeness (QED) is 0.708. The number of morpholine rings is 1. The Labute approximate surface area is 94.2 Å². The summed E-state index contributed by atoms with van der Waals surface area (Å²) in [6.07, 6.45) is 5.97. The minimum absolute atomic E-state index is 0.0771. The summed E-state index contributed by atoms with van der Waals surface area (Å²) in [5.74, 6) is 0.0771. The Hall–Kier alpha value is -1.42. The maximum Gasteiger partial charge on any atom is 0.255 e. The summed E-state index contributed by atoms with van der Waals surface area (Å²) in [6, 6.07) is 3.61. The van der Waals surface area contributed by atoms with E-state index in [0.717, 1.165) is 25.9 Å². The normalized spacial score (nSPS) is 28.1. The number of carbonyl (C=O) groups is 1. The molecule has 84 valence electrons. The molecule has 2 unspecified atom stereocenters. The highest BCUT2D eigenvalue weighted by molar-refractivity contribution is 5.94. The van der Waals surface area contributed by atoms with Gasteiger partial charge in [-0.1, -0.05) is 0 Å². The van der Waals surface area contributed by atoms with Crippen LogP contribution in [0.4, 0.5) is 0 Å². The van der Waals surface area contributed by atoms with Crippen molar-refractivity contribution in [2.75, 3.05) is 13.1 Å². The van der Waals surface area contributed by atoms with Gasteiger partial charge in [0.1, 0.15) is 0 Å². The van der Waals surface area contributed by atoms with Gasteiger partial charge >= 0.3 is 0 Å². The lowest BCUT2D eigenvalue weighted by atomic mass is 10.2. The summed E-state index contributed by atoms with van der Waals surface area (Å²) in [5.41, 5.74) is 0.670. The lowest BCUT2D eigenvalue weighted by Gasteiger charge is -2.32. The number of amides is 1. The first-order chi connectivity index (χ1) is 7.83. The topological polar surface area (TPSA) is 42.4 Å². The van der Waals surface area contributed by atoms with Crippen molar-refractivity contribution in [3.8, 4) is 0 Å². The molecule has 2 atom stereocenters. The Kier molecular flexibility index (Phi) is 2.36. The molecule has 2 fully saturated rings. The highest BCUT2D eigenvalue weighted by Crippen LogP contribution is 2.26. The fraction of sp³-hybridized carbons (Fsp3) is 0.500. The van der Waals surface area contributed by atoms with Gasteiger partial charge in [-0.25, -0.2) is 0 Å². The summed E-state index contributed by atoms with van der Waals surface area (Å²) in [5, 5.41) is 0. The molecule has 0 aliphatic carbocycles. The first-order valence-electron chi connectivity index (χ1n) is 5.67. The SMILES string of the molecule is O=C(c1cccnc1)N1CC2CCC(C1)O2. The van der Waals surface area contributed by atoms with Crippen LogP contribution < -0.4 is 0 Å². The fourth-order valence-corrected chi connectivity index (χ4v) is 2.45. The molecule has 0 saturated carbocycles. The molecule has 4 nitrogen and oxygen atoms in total. The second kappa shape index (κ2) is 3.87. The van der Waals surface area contributed by atoms with E-state index in [1.54, 1.807) is 18.5 Å². The van der Waals surface area contributed by atoms with Gasteiger partial charge in [-0.2, -0.15) is 0 Å². The van der Waals surface area contributed by atoms with Crippen LogP contribution in [0.25, 0.3) is 0 Å². The van der Waals surface area contributed by atoms with Gasteiger partial charge in [-0.15, -0.1) is 0 Å². The van der Waals surface area contributed by atoms with Gasteiger partial charge < -0.3 is 9.64 Å². The molecular formula is C12H14N2O2. The maximum absolute atomic E-state index is 12.1. The Morgan fingerprint density at radius 3 is 2.75 bits per heavy atom. The third-order valence-corrected chi connectivity index (χ3v) is 3.24. The van der Waals surface area contributed by atoms with Gasteiger partial charge in [0.05, 0.1) is 17.8 Å². The number of carbonyl (C=O) groups excluding carboxylic acids is 1. The van der Waals surface area contributed by atoms with E-state index in [1.165, 1.54) is 0 Å². The standard InChI is InChI=1S/C12H14N2O2/c15-12(9-2-1-5-13-6-9)14-7-10-3-4-11(8-14)16-10/h1-2,5-6,10-11H,3-4,7-8H2. The molecule has 2 bridgehead atoms. The van der Waals surface area contributed by atoms with E-state index in [0.29, 0.717) is 5.56 Å². The number of ether oxygens (including phenoxy) is 1. The molecule has 3 heterocycles. The molecule has 3 rings (SSSR count). The lowest BCUT2D eigenvalue weighted by molar-refractivity contribution is -0.0303. The van der Waals surface area contributed by atoms with Crippen molar-refractivity contribution in [3.05, 3.63) is 30.1 Å². The highest BCUT2D eigenvalue weighted by atomic mass is 16.5. The van der Waals surface area contributed by atoms with E-state index >= 15 is 0 Å². The summed E-state index contributed by atoms with van der Waals surface area (Å²) >= 11 is 0. The Morgan fingerprint density at radius 1 is 1.38 bits per heavy atom. The van der Waals surface area contributed by atoms with E-state index in [4.69, 9.17) is 4.74 Å². The van der Waals surface area contributed by atoms with Crippen LogP contribution in [0.1, 0.15) is 23.2 Å². The molecule has 0 spiro atoms. The average molecular weight is 218 g/mol. The second-order valence-corrected chi connectivity index (χ2v) is 4.41.